The molecule has 1 atom stereocenters. The molecule has 0 saturated heterocycles. The summed E-state index contributed by atoms with van der Waals surface area (Å²) < 4.78 is 1.64. The third-order valence-corrected chi connectivity index (χ3v) is 4.79. The largest absolute Gasteiger partial charge is 0.341 e. The maximum Gasteiger partial charge on any atom is 0.251 e. The molecule has 1 unspecified atom stereocenters. The number of fused-ring (bicyclic) bond motifs is 1. The zero-order valence-corrected chi connectivity index (χ0v) is 16.1. The van der Waals surface area contributed by atoms with E-state index in [9.17, 15) is 14.4 Å². The molecule has 1 heterocycles. The molecule has 3 rings (SSSR count). The highest BCUT2D eigenvalue weighted by Gasteiger charge is 2.31. The second kappa shape index (κ2) is 8.26. The van der Waals surface area contributed by atoms with Gasteiger partial charge < -0.3 is 10.6 Å². The van der Waals surface area contributed by atoms with Crippen LogP contribution >= 0.6 is 0 Å². The van der Waals surface area contributed by atoms with E-state index < -0.39 is 6.04 Å². The molecule has 2 aromatic rings. The van der Waals surface area contributed by atoms with Gasteiger partial charge in [-0.25, -0.2) is 0 Å². The Morgan fingerprint density at radius 2 is 2.00 bits per heavy atom. The van der Waals surface area contributed by atoms with Crippen LogP contribution < -0.4 is 10.6 Å². The van der Waals surface area contributed by atoms with Crippen molar-refractivity contribution in [3.8, 4) is 6.07 Å². The van der Waals surface area contributed by atoms with Crippen molar-refractivity contribution < 1.29 is 14.4 Å². The number of benzene rings is 1. The third kappa shape index (κ3) is 4.39. The van der Waals surface area contributed by atoms with E-state index in [1.54, 1.807) is 29.0 Å². The van der Waals surface area contributed by atoms with Gasteiger partial charge in [0.05, 0.1) is 11.6 Å². The van der Waals surface area contributed by atoms with Crippen LogP contribution in [0, 0.1) is 23.2 Å². The number of nitrogens with one attached hydrogen (secondary N) is 2. The number of nitriles is 1. The van der Waals surface area contributed by atoms with E-state index in [0.29, 0.717) is 12.0 Å². The molecule has 1 fully saturated rings. The normalized spacial score (nSPS) is 14.5. The zero-order valence-electron chi connectivity index (χ0n) is 16.1. The highest BCUT2D eigenvalue weighted by Crippen LogP contribution is 2.32. The molecule has 1 saturated carbocycles. The SMILES string of the molecule is CC(C)CC(NC(=O)c1ccc2c(ccn2C(=O)C2CC2)c1)C(=O)NCC#N. The van der Waals surface area contributed by atoms with Crippen molar-refractivity contribution in [3.63, 3.8) is 0 Å². The van der Waals surface area contributed by atoms with Crippen LogP contribution in [-0.2, 0) is 4.79 Å². The molecule has 2 N–H and O–H groups in total. The Labute approximate surface area is 163 Å². The van der Waals surface area contributed by atoms with E-state index in [-0.39, 0.29) is 36.1 Å². The first-order chi connectivity index (χ1) is 13.4. The van der Waals surface area contributed by atoms with Crippen LogP contribution in [0.3, 0.4) is 0 Å². The number of hydrogen-bond acceptors (Lipinski definition) is 4. The Morgan fingerprint density at radius 1 is 1.25 bits per heavy atom. The van der Waals surface area contributed by atoms with Crippen molar-refractivity contribution in [1.29, 1.82) is 5.26 Å². The average molecular weight is 380 g/mol. The molecule has 7 heteroatoms. The number of rotatable bonds is 7. The predicted molar refractivity (Wildman–Crippen MR) is 105 cm³/mol. The van der Waals surface area contributed by atoms with Crippen molar-refractivity contribution in [2.24, 2.45) is 11.8 Å². The average Bonchev–Trinajstić information content (AvgIpc) is 3.43. The van der Waals surface area contributed by atoms with E-state index in [1.165, 1.54) is 0 Å². The molecule has 1 aromatic carbocycles. The second-order valence-corrected chi connectivity index (χ2v) is 7.60. The van der Waals surface area contributed by atoms with Crippen LogP contribution in [0.15, 0.2) is 30.5 Å². The van der Waals surface area contributed by atoms with Gasteiger partial charge in [-0.1, -0.05) is 13.8 Å². The number of carbonyl (C=O) groups is 3. The molecule has 0 aliphatic heterocycles. The summed E-state index contributed by atoms with van der Waals surface area (Å²) in [6, 6.07) is 8.11. The Balaban J connectivity index is 1.76. The van der Waals surface area contributed by atoms with Crippen molar-refractivity contribution in [3.05, 3.63) is 36.0 Å². The topological polar surface area (TPSA) is 104 Å². The van der Waals surface area contributed by atoms with E-state index in [2.05, 4.69) is 10.6 Å². The van der Waals surface area contributed by atoms with Gasteiger partial charge in [-0.15, -0.1) is 0 Å². The molecule has 1 aromatic heterocycles. The second-order valence-electron chi connectivity index (χ2n) is 7.60. The lowest BCUT2D eigenvalue weighted by Gasteiger charge is -2.19. The molecule has 1 aliphatic carbocycles. The fraction of sp³-hybridized carbons (Fsp3) is 0.429. The lowest BCUT2D eigenvalue weighted by atomic mass is 10.0. The maximum atomic E-state index is 12.7. The zero-order chi connectivity index (χ0) is 20.3. The molecule has 0 radical (unpaired) electrons. The summed E-state index contributed by atoms with van der Waals surface area (Å²) in [7, 11) is 0. The van der Waals surface area contributed by atoms with Gasteiger partial charge in [0, 0.05) is 23.1 Å². The van der Waals surface area contributed by atoms with E-state index in [0.717, 1.165) is 23.7 Å². The van der Waals surface area contributed by atoms with Crippen LogP contribution in [0.25, 0.3) is 10.9 Å². The number of aromatic nitrogens is 1. The molecule has 146 valence electrons. The Hall–Kier alpha value is -3.14. The Morgan fingerprint density at radius 3 is 2.64 bits per heavy atom. The Kier molecular flexibility index (Phi) is 5.78. The van der Waals surface area contributed by atoms with Gasteiger partial charge in [0.1, 0.15) is 12.6 Å². The van der Waals surface area contributed by atoms with Gasteiger partial charge in [0.15, 0.2) is 0 Å². The smallest absolute Gasteiger partial charge is 0.251 e. The molecule has 7 nitrogen and oxygen atoms in total. The minimum absolute atomic E-state index is 0.0957. The Bertz CT molecular complexity index is 950. The van der Waals surface area contributed by atoms with Crippen molar-refractivity contribution in [1.82, 2.24) is 15.2 Å². The monoisotopic (exact) mass is 380 g/mol. The van der Waals surface area contributed by atoms with Crippen molar-refractivity contribution >= 4 is 28.6 Å². The lowest BCUT2D eigenvalue weighted by molar-refractivity contribution is -0.123. The fourth-order valence-corrected chi connectivity index (χ4v) is 3.20. The summed E-state index contributed by atoms with van der Waals surface area (Å²) in [5.74, 6) is -0.324. The molecule has 28 heavy (non-hydrogen) atoms. The summed E-state index contributed by atoms with van der Waals surface area (Å²) in [5, 5.41) is 14.7. The van der Waals surface area contributed by atoms with Gasteiger partial charge in [-0.3, -0.25) is 19.0 Å². The lowest BCUT2D eigenvalue weighted by Crippen LogP contribution is -2.47. The van der Waals surface area contributed by atoms with Gasteiger partial charge in [0.25, 0.3) is 5.91 Å². The van der Waals surface area contributed by atoms with Crippen molar-refractivity contribution in [2.45, 2.75) is 39.2 Å². The number of nitrogens with zero attached hydrogens (tertiary/aromatic N) is 2. The first kappa shape index (κ1) is 19.6. The molecular formula is C21H24N4O3. The third-order valence-electron chi connectivity index (χ3n) is 4.79. The molecule has 1 aliphatic rings. The molecule has 2 amide bonds. The van der Waals surface area contributed by atoms with E-state index >= 15 is 0 Å². The molecule has 0 spiro atoms. The number of carbonyl (C=O) groups excluding carboxylic acids is 3. The van der Waals surface area contributed by atoms with Crippen LogP contribution in [0.5, 0.6) is 0 Å². The highest BCUT2D eigenvalue weighted by molar-refractivity contribution is 6.02. The summed E-state index contributed by atoms with van der Waals surface area (Å²) in [6.45, 7) is 3.82. The van der Waals surface area contributed by atoms with E-state index in [4.69, 9.17) is 5.26 Å². The van der Waals surface area contributed by atoms with Gasteiger partial charge in [-0.05, 0) is 49.4 Å². The van der Waals surface area contributed by atoms with Crippen molar-refractivity contribution in [2.75, 3.05) is 6.54 Å². The van der Waals surface area contributed by atoms with Crippen LogP contribution in [0.1, 0.15) is 48.3 Å². The van der Waals surface area contributed by atoms with Gasteiger partial charge in [0.2, 0.25) is 11.8 Å². The number of amides is 2. The fourth-order valence-electron chi connectivity index (χ4n) is 3.20. The minimum Gasteiger partial charge on any atom is -0.341 e. The van der Waals surface area contributed by atoms with Gasteiger partial charge >= 0.3 is 0 Å². The standard InChI is InChI=1S/C21H24N4O3/c1-13(2)11-17(20(27)23-9-8-22)24-19(26)16-5-6-18-15(12-16)7-10-25(18)21(28)14-3-4-14/h5-7,10,12-14,17H,3-4,9,11H2,1-2H3,(H,23,27)(H,24,26). The predicted octanol–water partition coefficient (Wildman–Crippen LogP) is 2.48. The maximum absolute atomic E-state index is 12.7. The van der Waals surface area contributed by atoms with Crippen LogP contribution in [0.4, 0.5) is 0 Å². The summed E-state index contributed by atoms with van der Waals surface area (Å²) in [4.78, 5) is 37.3. The van der Waals surface area contributed by atoms with Crippen LogP contribution in [-0.4, -0.2) is 34.9 Å². The first-order valence-corrected chi connectivity index (χ1v) is 9.51. The highest BCUT2D eigenvalue weighted by atomic mass is 16.2. The summed E-state index contributed by atoms with van der Waals surface area (Å²) in [6.07, 6.45) is 4.08. The number of hydrogen-bond donors (Lipinski definition) is 2. The van der Waals surface area contributed by atoms with Crippen LogP contribution in [0.2, 0.25) is 0 Å². The quantitative estimate of drug-likeness (QED) is 0.720. The van der Waals surface area contributed by atoms with E-state index in [1.807, 2.05) is 26.0 Å². The first-order valence-electron chi connectivity index (χ1n) is 9.51. The molecular weight excluding hydrogens is 356 g/mol. The molecule has 0 bridgehead atoms. The summed E-state index contributed by atoms with van der Waals surface area (Å²) in [5.41, 5.74) is 1.20. The van der Waals surface area contributed by atoms with Gasteiger partial charge in [-0.2, -0.15) is 5.26 Å². The summed E-state index contributed by atoms with van der Waals surface area (Å²) >= 11 is 0. The minimum atomic E-state index is -0.711.